The minimum Gasteiger partial charge on any atom is -0.490 e. The van der Waals surface area contributed by atoms with Crippen LogP contribution in [-0.4, -0.2) is 13.2 Å². The summed E-state index contributed by atoms with van der Waals surface area (Å²) in [5, 5.41) is 0. The second-order valence-electron chi connectivity index (χ2n) is 4.46. The number of hydrogen-bond acceptors (Lipinski definition) is 3. The average molecular weight is 293 g/mol. The van der Waals surface area contributed by atoms with Gasteiger partial charge in [-0.15, -0.1) is 0 Å². The molecule has 5 heteroatoms. The molecule has 2 N–H and O–H groups in total. The zero-order chi connectivity index (χ0) is 15.2. The minimum absolute atomic E-state index is 0.0621. The van der Waals surface area contributed by atoms with E-state index in [1.165, 1.54) is 12.1 Å². The van der Waals surface area contributed by atoms with Crippen molar-refractivity contribution in [1.29, 1.82) is 0 Å². The Morgan fingerprint density at radius 2 is 1.71 bits per heavy atom. The average Bonchev–Trinajstić information content (AvgIpc) is 2.46. The Hall–Kier alpha value is -2.14. The van der Waals surface area contributed by atoms with E-state index in [9.17, 15) is 8.78 Å². The first-order valence-electron chi connectivity index (χ1n) is 6.67. The second kappa shape index (κ2) is 7.04. The molecule has 2 aromatic carbocycles. The van der Waals surface area contributed by atoms with E-state index < -0.39 is 17.7 Å². The number of rotatable bonds is 6. The maximum Gasteiger partial charge on any atom is 0.161 e. The Labute approximate surface area is 122 Å². The molecule has 0 heterocycles. The highest BCUT2D eigenvalue weighted by Gasteiger charge is 2.14. The molecule has 21 heavy (non-hydrogen) atoms. The van der Waals surface area contributed by atoms with Crippen molar-refractivity contribution in [3.8, 4) is 11.5 Å². The van der Waals surface area contributed by atoms with Crippen LogP contribution in [0.15, 0.2) is 42.5 Å². The fraction of sp³-hybridized carbons (Fsp3) is 0.250. The van der Waals surface area contributed by atoms with Crippen molar-refractivity contribution in [1.82, 2.24) is 0 Å². The summed E-state index contributed by atoms with van der Waals surface area (Å²) in [5.41, 5.74) is 6.10. The summed E-state index contributed by atoms with van der Waals surface area (Å²) in [6.45, 7) is 2.45. The third kappa shape index (κ3) is 3.92. The van der Waals surface area contributed by atoms with Crippen LogP contribution in [0.2, 0.25) is 0 Å². The smallest absolute Gasteiger partial charge is 0.161 e. The van der Waals surface area contributed by atoms with Crippen molar-refractivity contribution in [2.24, 2.45) is 5.73 Å². The van der Waals surface area contributed by atoms with Crippen molar-refractivity contribution in [2.75, 3.05) is 13.2 Å². The van der Waals surface area contributed by atoms with Crippen LogP contribution in [0.3, 0.4) is 0 Å². The van der Waals surface area contributed by atoms with Crippen LogP contribution in [0.5, 0.6) is 11.5 Å². The molecule has 2 aromatic rings. The molecule has 0 spiro atoms. The van der Waals surface area contributed by atoms with E-state index >= 15 is 0 Å². The van der Waals surface area contributed by atoms with E-state index in [-0.39, 0.29) is 12.2 Å². The molecule has 1 unspecified atom stereocenters. The summed E-state index contributed by atoms with van der Waals surface area (Å²) >= 11 is 0. The zero-order valence-corrected chi connectivity index (χ0v) is 11.7. The summed E-state index contributed by atoms with van der Waals surface area (Å²) in [6.07, 6.45) is 0. The van der Waals surface area contributed by atoms with E-state index in [2.05, 4.69) is 0 Å². The first-order chi connectivity index (χ1) is 10.1. The number of benzene rings is 2. The lowest BCUT2D eigenvalue weighted by Gasteiger charge is -2.16. The van der Waals surface area contributed by atoms with Gasteiger partial charge in [0.1, 0.15) is 18.2 Å². The molecule has 0 aliphatic heterocycles. The third-order valence-corrected chi connectivity index (χ3v) is 2.93. The van der Waals surface area contributed by atoms with Crippen LogP contribution in [0.25, 0.3) is 0 Å². The SMILES string of the molecule is CCOc1ccccc1OCC(N)c1ccc(F)cc1F. The molecule has 0 amide bonds. The quantitative estimate of drug-likeness (QED) is 0.887. The molecular formula is C16H17F2NO2. The van der Waals surface area contributed by atoms with Gasteiger partial charge in [0.05, 0.1) is 12.6 Å². The van der Waals surface area contributed by atoms with Gasteiger partial charge < -0.3 is 15.2 Å². The van der Waals surface area contributed by atoms with Crippen LogP contribution >= 0.6 is 0 Å². The number of halogens is 2. The van der Waals surface area contributed by atoms with Crippen LogP contribution in [-0.2, 0) is 0 Å². The molecule has 112 valence electrons. The molecule has 0 aliphatic carbocycles. The Kier molecular flexibility index (Phi) is 5.11. The molecule has 0 bridgehead atoms. The number of para-hydroxylation sites is 2. The minimum atomic E-state index is -0.694. The Bertz CT molecular complexity index is 605. The number of hydrogen-bond donors (Lipinski definition) is 1. The van der Waals surface area contributed by atoms with Gasteiger partial charge >= 0.3 is 0 Å². The third-order valence-electron chi connectivity index (χ3n) is 2.93. The van der Waals surface area contributed by atoms with E-state index in [1.807, 2.05) is 19.1 Å². The Morgan fingerprint density at radius 1 is 1.05 bits per heavy atom. The summed E-state index contributed by atoms with van der Waals surface area (Å²) in [7, 11) is 0. The van der Waals surface area contributed by atoms with Crippen LogP contribution in [0.1, 0.15) is 18.5 Å². The van der Waals surface area contributed by atoms with Gasteiger partial charge in [0.2, 0.25) is 0 Å². The molecule has 0 saturated heterocycles. The van der Waals surface area contributed by atoms with E-state index in [4.69, 9.17) is 15.2 Å². The summed E-state index contributed by atoms with van der Waals surface area (Å²) in [5.74, 6) is -0.167. The van der Waals surface area contributed by atoms with Crippen molar-refractivity contribution in [3.05, 3.63) is 59.7 Å². The molecular weight excluding hydrogens is 276 g/mol. The molecule has 0 aromatic heterocycles. The van der Waals surface area contributed by atoms with Crippen LogP contribution in [0, 0.1) is 11.6 Å². The fourth-order valence-electron chi connectivity index (χ4n) is 1.92. The van der Waals surface area contributed by atoms with Crippen molar-refractivity contribution >= 4 is 0 Å². The van der Waals surface area contributed by atoms with Crippen LogP contribution in [0.4, 0.5) is 8.78 Å². The van der Waals surface area contributed by atoms with Gasteiger partial charge in [-0.3, -0.25) is 0 Å². The maximum atomic E-state index is 13.6. The molecule has 2 rings (SSSR count). The molecule has 3 nitrogen and oxygen atoms in total. The van der Waals surface area contributed by atoms with E-state index in [1.54, 1.807) is 12.1 Å². The topological polar surface area (TPSA) is 44.5 Å². The van der Waals surface area contributed by atoms with E-state index in [0.29, 0.717) is 18.1 Å². The summed E-state index contributed by atoms with van der Waals surface area (Å²) in [6, 6.07) is 9.78. The highest BCUT2D eigenvalue weighted by atomic mass is 19.1. The van der Waals surface area contributed by atoms with Crippen molar-refractivity contribution in [2.45, 2.75) is 13.0 Å². The number of ether oxygens (including phenoxy) is 2. The largest absolute Gasteiger partial charge is 0.490 e. The van der Waals surface area contributed by atoms with Gasteiger partial charge in [0, 0.05) is 11.6 Å². The normalized spacial score (nSPS) is 12.0. The summed E-state index contributed by atoms with van der Waals surface area (Å²) < 4.78 is 37.5. The Morgan fingerprint density at radius 3 is 2.33 bits per heavy atom. The predicted molar refractivity (Wildman–Crippen MR) is 76.4 cm³/mol. The van der Waals surface area contributed by atoms with Gasteiger partial charge in [0.25, 0.3) is 0 Å². The second-order valence-corrected chi connectivity index (χ2v) is 4.46. The first kappa shape index (κ1) is 15.3. The number of nitrogens with two attached hydrogens (primary N) is 1. The molecule has 0 saturated carbocycles. The van der Waals surface area contributed by atoms with Gasteiger partial charge in [-0.1, -0.05) is 18.2 Å². The van der Waals surface area contributed by atoms with Crippen molar-refractivity contribution in [3.63, 3.8) is 0 Å². The zero-order valence-electron chi connectivity index (χ0n) is 11.7. The summed E-state index contributed by atoms with van der Waals surface area (Å²) in [4.78, 5) is 0. The fourth-order valence-corrected chi connectivity index (χ4v) is 1.92. The maximum absolute atomic E-state index is 13.6. The van der Waals surface area contributed by atoms with Gasteiger partial charge in [-0.05, 0) is 25.1 Å². The lowest BCUT2D eigenvalue weighted by atomic mass is 10.1. The first-order valence-corrected chi connectivity index (χ1v) is 6.67. The standard InChI is InChI=1S/C16H17F2NO2/c1-2-20-15-5-3-4-6-16(15)21-10-14(19)12-8-7-11(17)9-13(12)18/h3-9,14H,2,10,19H2,1H3. The van der Waals surface area contributed by atoms with Gasteiger partial charge in [0.15, 0.2) is 11.5 Å². The molecule has 1 atom stereocenters. The van der Waals surface area contributed by atoms with Gasteiger partial charge in [-0.25, -0.2) is 8.78 Å². The van der Waals surface area contributed by atoms with Crippen LogP contribution < -0.4 is 15.2 Å². The molecule has 0 radical (unpaired) electrons. The highest BCUT2D eigenvalue weighted by molar-refractivity contribution is 5.39. The van der Waals surface area contributed by atoms with Crippen molar-refractivity contribution < 1.29 is 18.3 Å². The predicted octanol–water partition coefficient (Wildman–Crippen LogP) is 3.44. The highest BCUT2D eigenvalue weighted by Crippen LogP contribution is 2.27. The monoisotopic (exact) mass is 293 g/mol. The lowest BCUT2D eigenvalue weighted by molar-refractivity contribution is 0.260. The molecule has 0 aliphatic rings. The van der Waals surface area contributed by atoms with E-state index in [0.717, 1.165) is 6.07 Å². The lowest BCUT2D eigenvalue weighted by Crippen LogP contribution is -2.20. The molecule has 0 fully saturated rings. The Balaban J connectivity index is 2.05. The van der Waals surface area contributed by atoms with Gasteiger partial charge in [-0.2, -0.15) is 0 Å².